The van der Waals surface area contributed by atoms with Gasteiger partial charge in [-0.1, -0.05) is 29.8 Å². The van der Waals surface area contributed by atoms with Gasteiger partial charge in [-0.2, -0.15) is 0 Å². The van der Waals surface area contributed by atoms with E-state index in [0.29, 0.717) is 25.4 Å². The predicted octanol–water partition coefficient (Wildman–Crippen LogP) is 3.86. The summed E-state index contributed by atoms with van der Waals surface area (Å²) in [6.07, 6.45) is 6.97. The summed E-state index contributed by atoms with van der Waals surface area (Å²) in [5.41, 5.74) is 2.17. The van der Waals surface area contributed by atoms with Crippen molar-refractivity contribution in [3.63, 3.8) is 0 Å². The van der Waals surface area contributed by atoms with Crippen molar-refractivity contribution >= 4 is 17.5 Å². The van der Waals surface area contributed by atoms with Crippen LogP contribution in [0.2, 0.25) is 5.02 Å². The van der Waals surface area contributed by atoms with Gasteiger partial charge in [0.1, 0.15) is 0 Å². The van der Waals surface area contributed by atoms with E-state index in [4.69, 9.17) is 11.6 Å². The van der Waals surface area contributed by atoms with E-state index in [2.05, 4.69) is 4.98 Å². The fraction of sp³-hybridized carbons (Fsp3) is 0.333. The van der Waals surface area contributed by atoms with Gasteiger partial charge < -0.3 is 4.90 Å². The molecule has 1 aromatic carbocycles. The van der Waals surface area contributed by atoms with Crippen molar-refractivity contribution in [1.29, 1.82) is 0 Å². The van der Waals surface area contributed by atoms with Crippen LogP contribution in [0, 0.1) is 0 Å². The third-order valence-electron chi connectivity index (χ3n) is 3.98. The zero-order chi connectivity index (χ0) is 15.4. The van der Waals surface area contributed by atoms with Crippen molar-refractivity contribution in [2.45, 2.75) is 38.3 Å². The molecule has 1 amide bonds. The van der Waals surface area contributed by atoms with Crippen molar-refractivity contribution in [2.75, 3.05) is 0 Å². The van der Waals surface area contributed by atoms with Gasteiger partial charge in [0.25, 0.3) is 0 Å². The lowest BCUT2D eigenvalue weighted by atomic mass is 10.1. The normalized spacial score (nSPS) is 13.9. The van der Waals surface area contributed by atoms with E-state index in [9.17, 15) is 4.79 Å². The fourth-order valence-corrected chi connectivity index (χ4v) is 2.81. The molecule has 3 nitrogen and oxygen atoms in total. The Morgan fingerprint density at radius 3 is 2.59 bits per heavy atom. The third-order valence-corrected chi connectivity index (χ3v) is 4.35. The summed E-state index contributed by atoms with van der Waals surface area (Å²) in [6, 6.07) is 12.1. The second-order valence-corrected chi connectivity index (χ2v) is 6.11. The lowest BCUT2D eigenvalue weighted by Gasteiger charge is -2.22. The van der Waals surface area contributed by atoms with Gasteiger partial charge in [0.2, 0.25) is 5.91 Å². The average molecular weight is 315 g/mol. The molecule has 0 aliphatic heterocycles. The Bertz CT molecular complexity index is 641. The first kappa shape index (κ1) is 15.0. The van der Waals surface area contributed by atoms with E-state index >= 15 is 0 Å². The van der Waals surface area contributed by atoms with E-state index in [1.54, 1.807) is 12.4 Å². The SMILES string of the molecule is O=C(CCc1ccccc1Cl)N(Cc1ccncc1)C1CC1. The summed E-state index contributed by atoms with van der Waals surface area (Å²) in [5, 5.41) is 0.738. The quantitative estimate of drug-likeness (QED) is 0.811. The van der Waals surface area contributed by atoms with Gasteiger partial charge in [0.05, 0.1) is 0 Å². The summed E-state index contributed by atoms with van der Waals surface area (Å²) in [4.78, 5) is 18.6. The molecule has 3 rings (SSSR count). The number of amides is 1. The maximum atomic E-state index is 12.6. The van der Waals surface area contributed by atoms with E-state index in [1.807, 2.05) is 41.3 Å². The molecule has 0 saturated heterocycles. The zero-order valence-corrected chi connectivity index (χ0v) is 13.2. The lowest BCUT2D eigenvalue weighted by molar-refractivity contribution is -0.132. The number of carbonyl (C=O) groups excluding carboxylic acids is 1. The van der Waals surface area contributed by atoms with Crippen LogP contribution in [0.1, 0.15) is 30.4 Å². The highest BCUT2D eigenvalue weighted by atomic mass is 35.5. The van der Waals surface area contributed by atoms with Crippen LogP contribution >= 0.6 is 11.6 Å². The molecule has 0 bridgehead atoms. The molecule has 0 spiro atoms. The van der Waals surface area contributed by atoms with E-state index < -0.39 is 0 Å². The number of halogens is 1. The highest BCUT2D eigenvalue weighted by molar-refractivity contribution is 6.31. The topological polar surface area (TPSA) is 33.2 Å². The lowest BCUT2D eigenvalue weighted by Crippen LogP contribution is -2.32. The van der Waals surface area contributed by atoms with E-state index in [1.165, 1.54) is 0 Å². The van der Waals surface area contributed by atoms with Gasteiger partial charge in [0, 0.05) is 36.4 Å². The first-order valence-corrected chi connectivity index (χ1v) is 8.03. The highest BCUT2D eigenvalue weighted by Gasteiger charge is 2.32. The minimum absolute atomic E-state index is 0.208. The maximum absolute atomic E-state index is 12.6. The van der Waals surface area contributed by atoms with Crippen LogP contribution in [0.3, 0.4) is 0 Å². The number of hydrogen-bond acceptors (Lipinski definition) is 2. The summed E-state index contributed by atoms with van der Waals surface area (Å²) >= 11 is 6.16. The molecule has 1 fully saturated rings. The number of hydrogen-bond donors (Lipinski definition) is 0. The molecule has 1 aliphatic carbocycles. The summed E-state index contributed by atoms with van der Waals surface area (Å²) < 4.78 is 0. The molecule has 22 heavy (non-hydrogen) atoms. The second kappa shape index (κ2) is 6.93. The van der Waals surface area contributed by atoms with Crippen LogP contribution in [0.4, 0.5) is 0 Å². The number of aromatic nitrogens is 1. The minimum Gasteiger partial charge on any atom is -0.335 e. The standard InChI is InChI=1S/C18H19ClN2O/c19-17-4-2-1-3-15(17)5-8-18(22)21(16-6-7-16)13-14-9-11-20-12-10-14/h1-4,9-12,16H,5-8,13H2. The minimum atomic E-state index is 0.208. The van der Waals surface area contributed by atoms with Crippen molar-refractivity contribution in [3.8, 4) is 0 Å². The molecule has 0 N–H and O–H groups in total. The van der Waals surface area contributed by atoms with Crippen LogP contribution in [-0.4, -0.2) is 21.8 Å². The van der Waals surface area contributed by atoms with Crippen molar-refractivity contribution in [1.82, 2.24) is 9.88 Å². The van der Waals surface area contributed by atoms with Gasteiger partial charge in [0.15, 0.2) is 0 Å². The summed E-state index contributed by atoms with van der Waals surface area (Å²) in [6.45, 7) is 0.675. The number of carbonyl (C=O) groups is 1. The predicted molar refractivity (Wildman–Crippen MR) is 87.6 cm³/mol. The summed E-state index contributed by atoms with van der Waals surface area (Å²) in [5.74, 6) is 0.208. The van der Waals surface area contributed by atoms with E-state index in [0.717, 1.165) is 29.0 Å². The molecule has 0 radical (unpaired) electrons. The van der Waals surface area contributed by atoms with Crippen LogP contribution in [-0.2, 0) is 17.8 Å². The number of benzene rings is 1. The number of rotatable bonds is 6. The highest BCUT2D eigenvalue weighted by Crippen LogP contribution is 2.29. The summed E-state index contributed by atoms with van der Waals surface area (Å²) in [7, 11) is 0. The van der Waals surface area contributed by atoms with Crippen molar-refractivity contribution < 1.29 is 4.79 Å². The van der Waals surface area contributed by atoms with Crippen LogP contribution in [0.5, 0.6) is 0 Å². The molecule has 0 unspecified atom stereocenters. The Kier molecular flexibility index (Phi) is 4.74. The molecule has 2 aromatic rings. The van der Waals surface area contributed by atoms with Gasteiger partial charge in [-0.15, -0.1) is 0 Å². The number of nitrogens with zero attached hydrogens (tertiary/aromatic N) is 2. The first-order valence-electron chi connectivity index (χ1n) is 7.66. The Balaban J connectivity index is 1.62. The molecule has 1 heterocycles. The van der Waals surface area contributed by atoms with Gasteiger partial charge in [-0.05, 0) is 48.6 Å². The monoisotopic (exact) mass is 314 g/mol. The third kappa shape index (κ3) is 3.86. The smallest absolute Gasteiger partial charge is 0.223 e. The number of aryl methyl sites for hydroxylation is 1. The molecule has 1 saturated carbocycles. The van der Waals surface area contributed by atoms with E-state index in [-0.39, 0.29) is 5.91 Å². The Morgan fingerprint density at radius 1 is 1.18 bits per heavy atom. The molecule has 114 valence electrons. The van der Waals surface area contributed by atoms with Crippen molar-refractivity contribution in [2.24, 2.45) is 0 Å². The Hall–Kier alpha value is -1.87. The maximum Gasteiger partial charge on any atom is 0.223 e. The molecule has 0 atom stereocenters. The molecule has 1 aliphatic rings. The Morgan fingerprint density at radius 2 is 1.91 bits per heavy atom. The van der Waals surface area contributed by atoms with Crippen LogP contribution in [0.15, 0.2) is 48.8 Å². The second-order valence-electron chi connectivity index (χ2n) is 5.70. The van der Waals surface area contributed by atoms with Crippen LogP contribution in [0.25, 0.3) is 0 Å². The molecular formula is C18H19ClN2O. The largest absolute Gasteiger partial charge is 0.335 e. The first-order chi connectivity index (χ1) is 10.7. The number of pyridine rings is 1. The van der Waals surface area contributed by atoms with Gasteiger partial charge in [-0.3, -0.25) is 9.78 Å². The van der Waals surface area contributed by atoms with Crippen molar-refractivity contribution in [3.05, 3.63) is 64.9 Å². The molecular weight excluding hydrogens is 296 g/mol. The van der Waals surface area contributed by atoms with Gasteiger partial charge in [-0.25, -0.2) is 0 Å². The Labute approximate surface area is 135 Å². The van der Waals surface area contributed by atoms with Crippen LogP contribution < -0.4 is 0 Å². The zero-order valence-electron chi connectivity index (χ0n) is 12.4. The average Bonchev–Trinajstić information content (AvgIpc) is 3.37. The molecule has 4 heteroatoms. The molecule has 1 aromatic heterocycles. The fourth-order valence-electron chi connectivity index (χ4n) is 2.58. The van der Waals surface area contributed by atoms with Gasteiger partial charge >= 0.3 is 0 Å².